The lowest BCUT2D eigenvalue weighted by Gasteiger charge is -2.51. The zero-order chi connectivity index (χ0) is 18.6. The molecule has 3 atom stereocenters. The maximum absolute atomic E-state index is 12.4. The standard InChI is InChI=1S/C22H34NO3/c1-17(2)15-25-20-11-9-18(10-12-20)22(24)26-16-19-7-6-14-23(3)13-5-4-8-21(19)23/h9-12,17,19,21H,4-8,13-16H2,1-3H3/q+1/t19-,21+,23-/m1/s1. The van der Waals surface area contributed by atoms with E-state index >= 15 is 0 Å². The molecule has 2 heterocycles. The minimum absolute atomic E-state index is 0.212. The quantitative estimate of drug-likeness (QED) is 0.561. The Morgan fingerprint density at radius 2 is 1.85 bits per heavy atom. The number of quaternary nitrogens is 1. The number of piperidine rings is 2. The van der Waals surface area contributed by atoms with Gasteiger partial charge in [0.15, 0.2) is 0 Å². The van der Waals surface area contributed by atoms with Gasteiger partial charge in [0.1, 0.15) is 12.4 Å². The number of fused-ring (bicyclic) bond motifs is 1. The second kappa shape index (κ2) is 8.43. The predicted molar refractivity (Wildman–Crippen MR) is 103 cm³/mol. The molecule has 0 amide bonds. The van der Waals surface area contributed by atoms with Crippen LogP contribution < -0.4 is 4.74 Å². The van der Waals surface area contributed by atoms with Crippen LogP contribution in [0.25, 0.3) is 0 Å². The molecule has 0 unspecified atom stereocenters. The third-order valence-electron chi connectivity index (χ3n) is 6.11. The molecule has 4 nitrogen and oxygen atoms in total. The maximum Gasteiger partial charge on any atom is 0.338 e. The summed E-state index contributed by atoms with van der Waals surface area (Å²) in [5.41, 5.74) is 0.610. The van der Waals surface area contributed by atoms with E-state index in [2.05, 4.69) is 20.9 Å². The monoisotopic (exact) mass is 360 g/mol. The second-order valence-electron chi connectivity index (χ2n) is 8.72. The molecule has 2 aliphatic heterocycles. The Morgan fingerprint density at radius 1 is 1.12 bits per heavy atom. The fourth-order valence-electron chi connectivity index (χ4n) is 4.64. The molecule has 144 valence electrons. The Bertz CT molecular complexity index is 594. The Balaban J connectivity index is 1.53. The first-order chi connectivity index (χ1) is 12.5. The highest BCUT2D eigenvalue weighted by Gasteiger charge is 2.43. The van der Waals surface area contributed by atoms with Gasteiger partial charge in [-0.3, -0.25) is 0 Å². The van der Waals surface area contributed by atoms with Crippen molar-refractivity contribution in [1.29, 1.82) is 0 Å². The highest BCUT2D eigenvalue weighted by molar-refractivity contribution is 5.89. The molecule has 4 heteroatoms. The van der Waals surface area contributed by atoms with Crippen LogP contribution in [0.4, 0.5) is 0 Å². The van der Waals surface area contributed by atoms with Gasteiger partial charge in [-0.05, 0) is 55.9 Å². The smallest absolute Gasteiger partial charge is 0.338 e. The molecule has 0 N–H and O–H groups in total. The fourth-order valence-corrected chi connectivity index (χ4v) is 4.64. The van der Waals surface area contributed by atoms with E-state index in [0.29, 0.717) is 36.7 Å². The van der Waals surface area contributed by atoms with E-state index in [4.69, 9.17) is 9.47 Å². The minimum atomic E-state index is -0.212. The summed E-state index contributed by atoms with van der Waals surface area (Å²) in [4.78, 5) is 12.4. The van der Waals surface area contributed by atoms with Gasteiger partial charge in [0, 0.05) is 12.3 Å². The van der Waals surface area contributed by atoms with Crippen LogP contribution in [0.2, 0.25) is 0 Å². The molecule has 2 saturated heterocycles. The van der Waals surface area contributed by atoms with Crippen LogP contribution in [0.1, 0.15) is 56.3 Å². The maximum atomic E-state index is 12.4. The van der Waals surface area contributed by atoms with E-state index < -0.39 is 0 Å². The van der Waals surface area contributed by atoms with Crippen LogP contribution in [0.3, 0.4) is 0 Å². The lowest BCUT2D eigenvalue weighted by Crippen LogP contribution is -2.61. The number of benzene rings is 1. The average Bonchev–Trinajstić information content (AvgIpc) is 2.64. The lowest BCUT2D eigenvalue weighted by molar-refractivity contribution is -0.947. The largest absolute Gasteiger partial charge is 0.493 e. The molecule has 1 aromatic rings. The van der Waals surface area contributed by atoms with Gasteiger partial charge in [-0.25, -0.2) is 4.79 Å². The summed E-state index contributed by atoms with van der Waals surface area (Å²) >= 11 is 0. The molecule has 2 aliphatic rings. The Hall–Kier alpha value is -1.55. The number of nitrogens with zero attached hydrogens (tertiary/aromatic N) is 1. The summed E-state index contributed by atoms with van der Waals surface area (Å²) < 4.78 is 12.6. The van der Waals surface area contributed by atoms with Gasteiger partial charge < -0.3 is 14.0 Å². The number of ether oxygens (including phenoxy) is 2. The summed E-state index contributed by atoms with van der Waals surface area (Å²) in [7, 11) is 2.40. The van der Waals surface area contributed by atoms with Crippen molar-refractivity contribution in [3.63, 3.8) is 0 Å². The molecule has 0 bridgehead atoms. The highest BCUT2D eigenvalue weighted by Crippen LogP contribution is 2.36. The van der Waals surface area contributed by atoms with Gasteiger partial charge in [0.05, 0.1) is 38.3 Å². The van der Waals surface area contributed by atoms with Crippen LogP contribution in [-0.2, 0) is 4.74 Å². The zero-order valence-corrected chi connectivity index (χ0v) is 16.6. The number of rotatable bonds is 6. The summed E-state index contributed by atoms with van der Waals surface area (Å²) in [5, 5.41) is 0. The van der Waals surface area contributed by atoms with Crippen LogP contribution >= 0.6 is 0 Å². The molecular formula is C22H34NO3+. The van der Waals surface area contributed by atoms with E-state index in [1.807, 2.05) is 12.1 Å². The fraction of sp³-hybridized carbons (Fsp3) is 0.682. The topological polar surface area (TPSA) is 35.5 Å². The third-order valence-corrected chi connectivity index (χ3v) is 6.11. The summed E-state index contributed by atoms with van der Waals surface area (Å²) in [5.74, 6) is 1.58. The number of carbonyl (C=O) groups excluding carboxylic acids is 1. The Labute approximate surface area is 158 Å². The molecule has 2 fully saturated rings. The van der Waals surface area contributed by atoms with Crippen LogP contribution in [0, 0.1) is 11.8 Å². The SMILES string of the molecule is CC(C)COc1ccc(C(=O)OC[C@H]2CCC[N@@+]3(C)CCCC[C@@H]23)cc1. The molecule has 0 saturated carbocycles. The first-order valence-electron chi connectivity index (χ1n) is 10.2. The molecule has 0 aromatic heterocycles. The Kier molecular flexibility index (Phi) is 6.23. The predicted octanol–water partition coefficient (Wildman–Crippen LogP) is 4.29. The number of hydrogen-bond acceptors (Lipinski definition) is 3. The van der Waals surface area contributed by atoms with Crippen molar-refractivity contribution in [2.75, 3.05) is 33.4 Å². The van der Waals surface area contributed by atoms with Gasteiger partial charge in [-0.1, -0.05) is 13.8 Å². The first kappa shape index (κ1) is 19.2. The van der Waals surface area contributed by atoms with Gasteiger partial charge in [0.25, 0.3) is 0 Å². The minimum Gasteiger partial charge on any atom is -0.493 e. The number of carbonyl (C=O) groups is 1. The van der Waals surface area contributed by atoms with E-state index in [0.717, 1.165) is 5.75 Å². The van der Waals surface area contributed by atoms with Gasteiger partial charge >= 0.3 is 5.97 Å². The number of esters is 1. The summed E-state index contributed by atoms with van der Waals surface area (Å²) in [6.45, 7) is 8.05. The van der Waals surface area contributed by atoms with Gasteiger partial charge in [-0.15, -0.1) is 0 Å². The normalized spacial score (nSPS) is 28.5. The van der Waals surface area contributed by atoms with Crippen molar-refractivity contribution in [3.05, 3.63) is 29.8 Å². The molecule has 26 heavy (non-hydrogen) atoms. The van der Waals surface area contributed by atoms with Crippen molar-refractivity contribution in [3.8, 4) is 5.75 Å². The van der Waals surface area contributed by atoms with Crippen LogP contribution in [0.5, 0.6) is 5.75 Å². The van der Waals surface area contributed by atoms with Crippen LogP contribution in [-0.4, -0.2) is 49.8 Å². The van der Waals surface area contributed by atoms with Crippen molar-refractivity contribution in [2.24, 2.45) is 11.8 Å². The second-order valence-corrected chi connectivity index (χ2v) is 8.72. The third kappa shape index (κ3) is 4.59. The molecule has 0 radical (unpaired) electrons. The Morgan fingerprint density at radius 3 is 2.58 bits per heavy atom. The van der Waals surface area contributed by atoms with E-state index in [1.54, 1.807) is 12.1 Å². The van der Waals surface area contributed by atoms with Crippen molar-refractivity contribution in [1.82, 2.24) is 0 Å². The number of hydrogen-bond donors (Lipinski definition) is 0. The van der Waals surface area contributed by atoms with Crippen molar-refractivity contribution < 1.29 is 18.8 Å². The molecule has 0 aliphatic carbocycles. The molecule has 3 rings (SSSR count). The van der Waals surface area contributed by atoms with Crippen molar-refractivity contribution >= 4 is 5.97 Å². The van der Waals surface area contributed by atoms with E-state index in [-0.39, 0.29) is 5.97 Å². The van der Waals surface area contributed by atoms with Crippen LogP contribution in [0.15, 0.2) is 24.3 Å². The average molecular weight is 361 g/mol. The lowest BCUT2D eigenvalue weighted by atomic mass is 9.82. The zero-order valence-electron chi connectivity index (χ0n) is 16.6. The van der Waals surface area contributed by atoms with E-state index in [1.165, 1.54) is 49.7 Å². The van der Waals surface area contributed by atoms with Crippen molar-refractivity contribution in [2.45, 2.75) is 52.0 Å². The van der Waals surface area contributed by atoms with Gasteiger partial charge in [0.2, 0.25) is 0 Å². The summed E-state index contributed by atoms with van der Waals surface area (Å²) in [6, 6.07) is 7.99. The van der Waals surface area contributed by atoms with E-state index in [9.17, 15) is 4.79 Å². The van der Waals surface area contributed by atoms with Gasteiger partial charge in [-0.2, -0.15) is 0 Å². The molecule has 1 aromatic carbocycles. The molecular weight excluding hydrogens is 326 g/mol. The highest BCUT2D eigenvalue weighted by atomic mass is 16.5. The first-order valence-corrected chi connectivity index (χ1v) is 10.2. The summed E-state index contributed by atoms with van der Waals surface area (Å²) in [6.07, 6.45) is 6.37. The molecule has 0 spiro atoms.